The first-order valence-electron chi connectivity index (χ1n) is 2.46. The monoisotopic (exact) mass is 245 g/mol. The van der Waals surface area contributed by atoms with E-state index in [0.29, 0.717) is 13.0 Å². The molecule has 0 fully saturated rings. The van der Waals surface area contributed by atoms with Crippen molar-refractivity contribution in [3.8, 4) is 0 Å². The fourth-order valence-corrected chi connectivity index (χ4v) is 0.263. The summed E-state index contributed by atoms with van der Waals surface area (Å²) in [6, 6.07) is 0. The molecule has 0 bridgehead atoms. The molecule has 0 N–H and O–H groups in total. The Bertz CT molecular complexity index is 68.0. The minimum atomic E-state index is -0.123. The van der Waals surface area contributed by atoms with Crippen molar-refractivity contribution in [1.29, 1.82) is 0 Å². The third kappa shape index (κ3) is 11.9. The van der Waals surface area contributed by atoms with Crippen LogP contribution in [0.1, 0.15) is 20.3 Å². The molecule has 0 aliphatic rings. The molecule has 0 aromatic rings. The predicted molar refractivity (Wildman–Crippen MR) is 26.9 cm³/mol. The zero-order valence-electron chi connectivity index (χ0n) is 5.82. The second kappa shape index (κ2) is 11.4. The number of esters is 1. The maximum Gasteiger partial charge on any atom is 0.305 e. The van der Waals surface area contributed by atoms with Crippen molar-refractivity contribution in [2.45, 2.75) is 20.3 Å². The van der Waals surface area contributed by atoms with Crippen molar-refractivity contribution >= 4 is 5.97 Å². The van der Waals surface area contributed by atoms with E-state index in [0.717, 1.165) is 0 Å². The van der Waals surface area contributed by atoms with Crippen LogP contribution in [0.2, 0.25) is 0 Å². The number of rotatable bonds is 2. The van der Waals surface area contributed by atoms with Gasteiger partial charge >= 0.3 is 5.97 Å². The van der Waals surface area contributed by atoms with Gasteiger partial charge in [-0.25, -0.2) is 0 Å². The molecule has 0 aromatic carbocycles. The molecule has 0 radical (unpaired) electrons. The average Bonchev–Trinajstić information content (AvgIpc) is 1.68. The SMILES string of the molecule is CCOC(=O)CC.[Br-].[Zn]. The summed E-state index contributed by atoms with van der Waals surface area (Å²) in [6.07, 6.45) is 0.480. The fraction of sp³-hybridized carbons (Fsp3) is 0.800. The smallest absolute Gasteiger partial charge is 0.305 e. The molecular weight excluding hydrogens is 237 g/mol. The molecule has 0 unspecified atom stereocenters. The molecule has 52 valence electrons. The summed E-state index contributed by atoms with van der Waals surface area (Å²) in [7, 11) is 0. The van der Waals surface area contributed by atoms with E-state index in [1.165, 1.54) is 0 Å². The number of ether oxygens (including phenoxy) is 1. The summed E-state index contributed by atoms with van der Waals surface area (Å²) < 4.78 is 4.55. The van der Waals surface area contributed by atoms with Crippen molar-refractivity contribution in [2.24, 2.45) is 0 Å². The molecule has 0 aromatic heterocycles. The summed E-state index contributed by atoms with van der Waals surface area (Å²) in [5.41, 5.74) is 0. The third-order valence-electron chi connectivity index (χ3n) is 0.594. The van der Waals surface area contributed by atoms with Gasteiger partial charge in [-0.3, -0.25) is 4.79 Å². The van der Waals surface area contributed by atoms with Gasteiger partial charge in [0.25, 0.3) is 0 Å². The number of hydrogen-bond acceptors (Lipinski definition) is 2. The van der Waals surface area contributed by atoms with Crippen molar-refractivity contribution in [3.63, 3.8) is 0 Å². The Hall–Kier alpha value is 0.573. The quantitative estimate of drug-likeness (QED) is 0.415. The van der Waals surface area contributed by atoms with Crippen molar-refractivity contribution in [1.82, 2.24) is 0 Å². The molecule has 9 heavy (non-hydrogen) atoms. The van der Waals surface area contributed by atoms with Crippen LogP contribution in [0.3, 0.4) is 0 Å². The number of hydrogen-bond donors (Lipinski definition) is 0. The molecule has 0 aliphatic heterocycles. The van der Waals surface area contributed by atoms with Gasteiger partial charge in [-0.15, -0.1) is 0 Å². The number of halogens is 1. The summed E-state index contributed by atoms with van der Waals surface area (Å²) in [6.45, 7) is 4.07. The second-order valence-corrected chi connectivity index (χ2v) is 1.16. The zero-order valence-corrected chi connectivity index (χ0v) is 10.4. The minimum absolute atomic E-state index is 0. The van der Waals surface area contributed by atoms with Gasteiger partial charge in [0, 0.05) is 25.9 Å². The van der Waals surface area contributed by atoms with Crippen LogP contribution in [0.25, 0.3) is 0 Å². The standard InChI is InChI=1S/C5H10O2.BrH.Zn/c1-3-5(6)7-4-2;;/h3-4H2,1-2H3;1H;/p-1. The Morgan fingerprint density at radius 3 is 2.00 bits per heavy atom. The normalized spacial score (nSPS) is 6.44. The van der Waals surface area contributed by atoms with Gasteiger partial charge in [0.2, 0.25) is 0 Å². The molecule has 0 atom stereocenters. The van der Waals surface area contributed by atoms with Crippen LogP contribution < -0.4 is 17.0 Å². The third-order valence-corrected chi connectivity index (χ3v) is 0.594. The largest absolute Gasteiger partial charge is 1.00 e. The van der Waals surface area contributed by atoms with Crippen LogP contribution in [-0.2, 0) is 29.0 Å². The molecule has 0 rings (SSSR count). The average molecular weight is 247 g/mol. The van der Waals surface area contributed by atoms with Crippen LogP contribution in [-0.4, -0.2) is 12.6 Å². The van der Waals surface area contributed by atoms with Crippen LogP contribution >= 0.6 is 0 Å². The van der Waals surface area contributed by atoms with E-state index in [9.17, 15) is 4.79 Å². The molecule has 0 heterocycles. The van der Waals surface area contributed by atoms with Crippen molar-refractivity contribution in [3.05, 3.63) is 0 Å². The van der Waals surface area contributed by atoms with Gasteiger partial charge in [-0.1, -0.05) is 6.92 Å². The molecule has 4 heteroatoms. The molecule has 0 spiro atoms. The summed E-state index contributed by atoms with van der Waals surface area (Å²) in [4.78, 5) is 10.2. The Morgan fingerprint density at radius 2 is 1.89 bits per heavy atom. The Balaban J connectivity index is -0.000000180. The number of carbonyl (C=O) groups excluding carboxylic acids is 1. The van der Waals surface area contributed by atoms with Gasteiger partial charge in [-0.2, -0.15) is 0 Å². The first kappa shape index (κ1) is 16.3. The van der Waals surface area contributed by atoms with E-state index in [4.69, 9.17) is 0 Å². The molecule has 0 aliphatic carbocycles. The number of carbonyl (C=O) groups is 1. The topological polar surface area (TPSA) is 26.3 Å². The summed E-state index contributed by atoms with van der Waals surface area (Å²) in [5, 5.41) is 0. The van der Waals surface area contributed by atoms with Gasteiger partial charge in [0.1, 0.15) is 0 Å². The maximum atomic E-state index is 10.2. The van der Waals surface area contributed by atoms with E-state index >= 15 is 0 Å². The van der Waals surface area contributed by atoms with Crippen LogP contribution in [0.4, 0.5) is 0 Å². The van der Waals surface area contributed by atoms with Gasteiger partial charge < -0.3 is 21.7 Å². The first-order valence-corrected chi connectivity index (χ1v) is 2.46. The van der Waals surface area contributed by atoms with E-state index in [-0.39, 0.29) is 42.4 Å². The van der Waals surface area contributed by atoms with Crippen LogP contribution in [0.15, 0.2) is 0 Å². The maximum absolute atomic E-state index is 10.2. The molecule has 0 saturated heterocycles. The van der Waals surface area contributed by atoms with Crippen LogP contribution in [0.5, 0.6) is 0 Å². The minimum Gasteiger partial charge on any atom is -1.00 e. The van der Waals surface area contributed by atoms with E-state index in [1.807, 2.05) is 0 Å². The fourth-order valence-electron chi connectivity index (χ4n) is 0.263. The van der Waals surface area contributed by atoms with E-state index in [2.05, 4.69) is 4.74 Å². The molecular formula is C5H10BrO2Zn-. The van der Waals surface area contributed by atoms with Gasteiger partial charge in [0.05, 0.1) is 6.61 Å². The van der Waals surface area contributed by atoms with Crippen LogP contribution in [0, 0.1) is 0 Å². The molecule has 0 saturated carbocycles. The zero-order chi connectivity index (χ0) is 5.70. The summed E-state index contributed by atoms with van der Waals surface area (Å²) >= 11 is 0. The second-order valence-electron chi connectivity index (χ2n) is 1.16. The summed E-state index contributed by atoms with van der Waals surface area (Å²) in [5.74, 6) is -0.123. The van der Waals surface area contributed by atoms with E-state index < -0.39 is 0 Å². The predicted octanol–water partition coefficient (Wildman–Crippen LogP) is -2.04. The van der Waals surface area contributed by atoms with Crippen molar-refractivity contribution in [2.75, 3.05) is 6.61 Å². The van der Waals surface area contributed by atoms with E-state index in [1.54, 1.807) is 13.8 Å². The Labute approximate surface area is 78.9 Å². The van der Waals surface area contributed by atoms with Gasteiger partial charge in [0.15, 0.2) is 0 Å². The van der Waals surface area contributed by atoms with Gasteiger partial charge in [-0.05, 0) is 6.92 Å². The molecule has 0 amide bonds. The first-order chi connectivity index (χ1) is 3.31. The Morgan fingerprint density at radius 1 is 1.44 bits per heavy atom. The Kier molecular flexibility index (Phi) is 20.6. The molecule has 2 nitrogen and oxygen atoms in total. The van der Waals surface area contributed by atoms with Crippen molar-refractivity contribution < 1.29 is 46.0 Å².